The summed E-state index contributed by atoms with van der Waals surface area (Å²) in [6, 6.07) is 5.23. The van der Waals surface area contributed by atoms with Crippen molar-refractivity contribution in [3.63, 3.8) is 0 Å². The number of primary amides is 1. The number of amides is 2. The van der Waals surface area contributed by atoms with E-state index < -0.39 is 5.91 Å². The predicted octanol–water partition coefficient (Wildman–Crippen LogP) is 1.80. The van der Waals surface area contributed by atoms with E-state index in [1.165, 1.54) is 11.8 Å². The van der Waals surface area contributed by atoms with E-state index in [0.717, 1.165) is 5.56 Å². The number of ether oxygens (including phenoxy) is 1. The normalized spacial score (nSPS) is 16.4. The first kappa shape index (κ1) is 15.0. The molecule has 1 fully saturated rings. The number of carbonyl (C=O) groups excluding carboxylic acids is 2. The molecule has 1 aliphatic heterocycles. The lowest BCUT2D eigenvalue weighted by Gasteiger charge is -2.06. The van der Waals surface area contributed by atoms with Crippen molar-refractivity contribution in [3.8, 4) is 5.75 Å². The van der Waals surface area contributed by atoms with Gasteiger partial charge in [0.1, 0.15) is 10.1 Å². The standard InChI is InChI=1S/C12H9BrN2O3S2/c13-7-3-6(1-2-8(7)18-5-10(14)16)4-9-11(17)15-12(19)20-9/h1-4H,5H2,(H2,14,16)(H,15,17,19)/b9-4-. The highest BCUT2D eigenvalue weighted by atomic mass is 79.9. The van der Waals surface area contributed by atoms with Gasteiger partial charge >= 0.3 is 0 Å². The lowest BCUT2D eigenvalue weighted by molar-refractivity contribution is -0.120. The van der Waals surface area contributed by atoms with E-state index in [-0.39, 0.29) is 12.5 Å². The van der Waals surface area contributed by atoms with Crippen molar-refractivity contribution in [3.05, 3.63) is 33.1 Å². The Morgan fingerprint density at radius 3 is 2.85 bits per heavy atom. The number of hydrogen-bond donors (Lipinski definition) is 2. The monoisotopic (exact) mass is 372 g/mol. The van der Waals surface area contributed by atoms with E-state index in [0.29, 0.717) is 19.4 Å². The summed E-state index contributed by atoms with van der Waals surface area (Å²) in [5, 5.41) is 2.55. The second-order valence-electron chi connectivity index (χ2n) is 3.80. The number of nitrogens with one attached hydrogen (secondary N) is 1. The smallest absolute Gasteiger partial charge is 0.263 e. The van der Waals surface area contributed by atoms with Crippen LogP contribution in [0.3, 0.4) is 0 Å². The third kappa shape index (κ3) is 3.81. The maximum absolute atomic E-state index is 11.5. The van der Waals surface area contributed by atoms with Crippen molar-refractivity contribution in [2.75, 3.05) is 6.61 Å². The average molecular weight is 373 g/mol. The Morgan fingerprint density at radius 2 is 2.30 bits per heavy atom. The molecule has 1 aromatic carbocycles. The molecular weight excluding hydrogens is 364 g/mol. The molecule has 1 aliphatic rings. The fourth-order valence-corrected chi connectivity index (χ4v) is 3.00. The zero-order valence-electron chi connectivity index (χ0n) is 10.0. The van der Waals surface area contributed by atoms with Crippen LogP contribution in [0.4, 0.5) is 0 Å². The van der Waals surface area contributed by atoms with Crippen LogP contribution in [0.2, 0.25) is 0 Å². The molecule has 0 bridgehead atoms. The highest BCUT2D eigenvalue weighted by Gasteiger charge is 2.21. The Hall–Kier alpha value is -1.38. The van der Waals surface area contributed by atoms with Gasteiger partial charge < -0.3 is 15.8 Å². The second-order valence-corrected chi connectivity index (χ2v) is 6.37. The van der Waals surface area contributed by atoms with Gasteiger partial charge in [0.15, 0.2) is 6.61 Å². The molecule has 0 aromatic heterocycles. The van der Waals surface area contributed by atoms with Gasteiger partial charge in [-0.2, -0.15) is 0 Å². The van der Waals surface area contributed by atoms with Crippen molar-refractivity contribution in [1.29, 1.82) is 0 Å². The molecule has 20 heavy (non-hydrogen) atoms. The van der Waals surface area contributed by atoms with E-state index in [1.807, 2.05) is 0 Å². The van der Waals surface area contributed by atoms with Gasteiger partial charge in [0.2, 0.25) is 0 Å². The Morgan fingerprint density at radius 1 is 1.55 bits per heavy atom. The van der Waals surface area contributed by atoms with Crippen molar-refractivity contribution in [1.82, 2.24) is 5.32 Å². The minimum atomic E-state index is -0.546. The SMILES string of the molecule is NC(=O)COc1ccc(/C=C2\SC(=S)NC2=O)cc1Br. The average Bonchev–Trinajstić information content (AvgIpc) is 2.66. The molecule has 1 heterocycles. The van der Waals surface area contributed by atoms with Gasteiger partial charge in [0.05, 0.1) is 9.38 Å². The van der Waals surface area contributed by atoms with Crippen LogP contribution in [0, 0.1) is 0 Å². The molecule has 2 amide bonds. The van der Waals surface area contributed by atoms with Gasteiger partial charge in [-0.15, -0.1) is 0 Å². The van der Waals surface area contributed by atoms with Crippen LogP contribution in [0.15, 0.2) is 27.6 Å². The van der Waals surface area contributed by atoms with Crippen LogP contribution in [0.5, 0.6) is 5.75 Å². The van der Waals surface area contributed by atoms with E-state index in [4.69, 9.17) is 22.7 Å². The molecule has 1 aromatic rings. The minimum absolute atomic E-state index is 0.189. The number of benzene rings is 1. The summed E-state index contributed by atoms with van der Waals surface area (Å²) in [5.74, 6) is -0.245. The summed E-state index contributed by atoms with van der Waals surface area (Å²) < 4.78 is 6.33. The molecule has 0 unspecified atom stereocenters. The molecule has 2 rings (SSSR count). The lowest BCUT2D eigenvalue weighted by Crippen LogP contribution is -2.20. The molecule has 0 radical (unpaired) electrons. The van der Waals surface area contributed by atoms with E-state index in [2.05, 4.69) is 21.2 Å². The third-order valence-electron chi connectivity index (χ3n) is 2.27. The maximum Gasteiger partial charge on any atom is 0.263 e. The maximum atomic E-state index is 11.5. The molecule has 0 atom stereocenters. The van der Waals surface area contributed by atoms with Crippen LogP contribution < -0.4 is 15.8 Å². The third-order valence-corrected chi connectivity index (χ3v) is 4.05. The molecule has 5 nitrogen and oxygen atoms in total. The van der Waals surface area contributed by atoms with Crippen LogP contribution in [0.1, 0.15) is 5.56 Å². The molecular formula is C12H9BrN2O3S2. The first-order valence-electron chi connectivity index (χ1n) is 5.41. The van der Waals surface area contributed by atoms with Gasteiger partial charge in [0, 0.05) is 0 Å². The first-order chi connectivity index (χ1) is 9.45. The van der Waals surface area contributed by atoms with Crippen LogP contribution in [0.25, 0.3) is 6.08 Å². The van der Waals surface area contributed by atoms with Gasteiger partial charge in [0.25, 0.3) is 11.8 Å². The Balaban J connectivity index is 2.17. The number of rotatable bonds is 4. The Labute approximate surface area is 133 Å². The van der Waals surface area contributed by atoms with Crippen molar-refractivity contribution < 1.29 is 14.3 Å². The molecule has 8 heteroatoms. The summed E-state index contributed by atoms with van der Waals surface area (Å²) in [7, 11) is 0. The zero-order valence-corrected chi connectivity index (χ0v) is 13.2. The number of thioether (sulfide) groups is 1. The number of hydrogen-bond acceptors (Lipinski definition) is 5. The summed E-state index contributed by atoms with van der Waals surface area (Å²) in [5.41, 5.74) is 5.82. The van der Waals surface area contributed by atoms with Crippen LogP contribution >= 0.6 is 39.9 Å². The molecule has 3 N–H and O–H groups in total. The number of carbonyl (C=O) groups is 2. The van der Waals surface area contributed by atoms with Gasteiger partial charge in [-0.1, -0.05) is 30.0 Å². The number of nitrogens with two attached hydrogens (primary N) is 1. The van der Waals surface area contributed by atoms with E-state index in [1.54, 1.807) is 24.3 Å². The van der Waals surface area contributed by atoms with Crippen molar-refractivity contribution in [2.24, 2.45) is 5.73 Å². The van der Waals surface area contributed by atoms with Crippen molar-refractivity contribution in [2.45, 2.75) is 0 Å². The van der Waals surface area contributed by atoms with Gasteiger partial charge in [-0.3, -0.25) is 9.59 Å². The number of halogens is 1. The van der Waals surface area contributed by atoms with E-state index >= 15 is 0 Å². The summed E-state index contributed by atoms with van der Waals surface area (Å²) in [6.07, 6.45) is 1.72. The first-order valence-corrected chi connectivity index (χ1v) is 7.43. The Bertz CT molecular complexity index is 631. The quantitative estimate of drug-likeness (QED) is 0.622. The highest BCUT2D eigenvalue weighted by Crippen LogP contribution is 2.30. The summed E-state index contributed by atoms with van der Waals surface area (Å²) in [6.45, 7) is -0.189. The molecule has 0 saturated carbocycles. The fraction of sp³-hybridized carbons (Fsp3) is 0.0833. The highest BCUT2D eigenvalue weighted by molar-refractivity contribution is 9.10. The van der Waals surface area contributed by atoms with Crippen LogP contribution in [-0.2, 0) is 9.59 Å². The van der Waals surface area contributed by atoms with E-state index in [9.17, 15) is 9.59 Å². The molecule has 0 aliphatic carbocycles. The largest absolute Gasteiger partial charge is 0.483 e. The zero-order chi connectivity index (χ0) is 14.7. The second kappa shape index (κ2) is 6.38. The van der Waals surface area contributed by atoms with Gasteiger partial charge in [-0.05, 0) is 39.7 Å². The fourth-order valence-electron chi connectivity index (χ4n) is 1.45. The Kier molecular flexibility index (Phi) is 4.79. The minimum Gasteiger partial charge on any atom is -0.483 e. The summed E-state index contributed by atoms with van der Waals surface area (Å²) >= 11 is 9.46. The van der Waals surface area contributed by atoms with Gasteiger partial charge in [-0.25, -0.2) is 0 Å². The topological polar surface area (TPSA) is 81.4 Å². The van der Waals surface area contributed by atoms with Crippen LogP contribution in [-0.4, -0.2) is 22.7 Å². The molecule has 104 valence electrons. The molecule has 1 saturated heterocycles. The lowest BCUT2D eigenvalue weighted by atomic mass is 10.2. The summed E-state index contributed by atoms with van der Waals surface area (Å²) in [4.78, 5) is 22.7. The molecule has 0 spiro atoms. The number of thiocarbonyl (C=S) groups is 1. The predicted molar refractivity (Wildman–Crippen MR) is 85.1 cm³/mol. The van der Waals surface area contributed by atoms with Crippen molar-refractivity contribution >= 4 is 62.1 Å².